The minimum absolute atomic E-state index is 0.0195. The number of hydrogen-bond acceptors (Lipinski definition) is 5. The van der Waals surface area contributed by atoms with Gasteiger partial charge in [0.2, 0.25) is 17.7 Å². The van der Waals surface area contributed by atoms with Crippen molar-refractivity contribution in [3.05, 3.63) is 53.6 Å². The largest absolute Gasteiger partial charge is 0.481 e. The summed E-state index contributed by atoms with van der Waals surface area (Å²) in [6, 6.07) is 13.3. The minimum Gasteiger partial charge on any atom is -0.481 e. The normalized spacial score (nSPS) is 18.8. The van der Waals surface area contributed by atoms with Crippen LogP contribution in [0.4, 0.5) is 0 Å². The second-order valence-corrected chi connectivity index (χ2v) is 7.00. The fourth-order valence-corrected chi connectivity index (χ4v) is 3.72. The van der Waals surface area contributed by atoms with E-state index in [2.05, 4.69) is 22.4 Å². The van der Waals surface area contributed by atoms with E-state index in [0.29, 0.717) is 31.0 Å². The molecule has 29 heavy (non-hydrogen) atoms. The fourth-order valence-electron chi connectivity index (χ4n) is 3.72. The van der Waals surface area contributed by atoms with Crippen molar-refractivity contribution in [1.82, 2.24) is 15.2 Å². The highest BCUT2D eigenvalue weighted by Crippen LogP contribution is 2.30. The van der Waals surface area contributed by atoms with Crippen LogP contribution in [0.5, 0.6) is 11.8 Å². The summed E-state index contributed by atoms with van der Waals surface area (Å²) in [6.45, 7) is 2.85. The van der Waals surface area contributed by atoms with Gasteiger partial charge in [0.25, 0.3) is 5.91 Å². The molecule has 7 heteroatoms. The van der Waals surface area contributed by atoms with Crippen molar-refractivity contribution in [2.75, 3.05) is 27.3 Å². The average Bonchev–Trinajstić information content (AvgIpc) is 2.78. The van der Waals surface area contributed by atoms with E-state index in [1.807, 2.05) is 25.1 Å². The molecule has 0 saturated carbocycles. The summed E-state index contributed by atoms with van der Waals surface area (Å²) >= 11 is 0. The maximum atomic E-state index is 13.2. The number of ether oxygens (including phenoxy) is 2. The van der Waals surface area contributed by atoms with Crippen LogP contribution in [0.2, 0.25) is 0 Å². The number of carbonyl (C=O) groups is 2. The maximum Gasteiger partial charge on any atom is 0.259 e. The number of carbonyl (C=O) groups excluding carboxylic acids is 2. The number of aromatic nitrogens is 1. The van der Waals surface area contributed by atoms with Gasteiger partial charge in [0.15, 0.2) is 0 Å². The number of hydrogen-bond donors (Lipinski definition) is 1. The Morgan fingerprint density at radius 2 is 1.90 bits per heavy atom. The third-order valence-electron chi connectivity index (χ3n) is 5.26. The van der Waals surface area contributed by atoms with Crippen molar-refractivity contribution in [3.8, 4) is 11.8 Å². The van der Waals surface area contributed by atoms with Crippen molar-refractivity contribution in [2.45, 2.75) is 31.7 Å². The molecule has 0 aliphatic carbocycles. The zero-order valence-electron chi connectivity index (χ0n) is 17.1. The van der Waals surface area contributed by atoms with Crippen LogP contribution in [-0.2, 0) is 4.79 Å². The first-order valence-electron chi connectivity index (χ1n) is 9.80. The van der Waals surface area contributed by atoms with Gasteiger partial charge in [-0.25, -0.2) is 0 Å². The van der Waals surface area contributed by atoms with Crippen molar-refractivity contribution >= 4 is 11.8 Å². The van der Waals surface area contributed by atoms with Gasteiger partial charge in [-0.1, -0.05) is 37.3 Å². The third-order valence-corrected chi connectivity index (χ3v) is 5.26. The summed E-state index contributed by atoms with van der Waals surface area (Å²) in [4.78, 5) is 31.3. The first-order valence-corrected chi connectivity index (χ1v) is 9.80. The standard InChI is InChI=1S/C22H27N3O4/c1-4-19(26)23-18-14-25(13-12-16(18)15-8-6-5-7-9-15)22(27)17-10-11-20(28-2)24-21(17)29-3/h5-11,16,18H,4,12-14H2,1-3H3,(H,23,26)/t16-,18-/m0/s1. The third kappa shape index (κ3) is 4.67. The van der Waals surface area contributed by atoms with Gasteiger partial charge in [-0.05, 0) is 18.1 Å². The molecule has 0 unspecified atom stereocenters. The van der Waals surface area contributed by atoms with E-state index in [4.69, 9.17) is 9.47 Å². The summed E-state index contributed by atoms with van der Waals surface area (Å²) in [5.74, 6) is 0.586. The van der Waals surface area contributed by atoms with Gasteiger partial charge in [-0.15, -0.1) is 0 Å². The molecule has 2 amide bonds. The topological polar surface area (TPSA) is 80.8 Å². The van der Waals surface area contributed by atoms with E-state index >= 15 is 0 Å². The van der Waals surface area contributed by atoms with Crippen molar-refractivity contribution in [3.63, 3.8) is 0 Å². The lowest BCUT2D eigenvalue weighted by Gasteiger charge is -2.39. The van der Waals surface area contributed by atoms with E-state index in [9.17, 15) is 9.59 Å². The first kappa shape index (κ1) is 20.6. The molecule has 2 aromatic rings. The minimum atomic E-state index is -0.167. The van der Waals surface area contributed by atoms with Gasteiger partial charge in [0.1, 0.15) is 5.56 Å². The molecule has 7 nitrogen and oxygen atoms in total. The Balaban J connectivity index is 1.83. The molecule has 2 atom stereocenters. The molecule has 0 radical (unpaired) electrons. The Morgan fingerprint density at radius 1 is 1.14 bits per heavy atom. The molecule has 1 aliphatic rings. The monoisotopic (exact) mass is 397 g/mol. The Kier molecular flexibility index (Phi) is 6.69. The lowest BCUT2D eigenvalue weighted by Crippen LogP contribution is -2.53. The zero-order valence-corrected chi connectivity index (χ0v) is 17.1. The number of pyridine rings is 1. The number of rotatable bonds is 6. The van der Waals surface area contributed by atoms with Crippen LogP contribution in [0.3, 0.4) is 0 Å². The highest BCUT2D eigenvalue weighted by Gasteiger charge is 2.34. The predicted molar refractivity (Wildman–Crippen MR) is 109 cm³/mol. The molecule has 1 aromatic heterocycles. The first-order chi connectivity index (χ1) is 14.1. The van der Waals surface area contributed by atoms with Crippen molar-refractivity contribution in [1.29, 1.82) is 0 Å². The van der Waals surface area contributed by atoms with E-state index in [-0.39, 0.29) is 29.7 Å². The molecule has 1 fully saturated rings. The summed E-state index contributed by atoms with van der Waals surface area (Å²) in [5, 5.41) is 3.10. The van der Waals surface area contributed by atoms with E-state index in [1.165, 1.54) is 19.8 Å². The maximum absolute atomic E-state index is 13.2. The van der Waals surface area contributed by atoms with Crippen LogP contribution in [0.25, 0.3) is 0 Å². The number of likely N-dealkylation sites (tertiary alicyclic amines) is 1. The second kappa shape index (κ2) is 9.41. The molecule has 1 N–H and O–H groups in total. The SMILES string of the molecule is CCC(=O)N[C@H]1CN(C(=O)c2ccc(OC)nc2OC)CC[C@H]1c1ccccc1. The summed E-state index contributed by atoms with van der Waals surface area (Å²) in [7, 11) is 2.99. The van der Waals surface area contributed by atoms with Crippen LogP contribution in [-0.4, -0.2) is 55.0 Å². The predicted octanol–water partition coefficient (Wildman–Crippen LogP) is 2.62. The van der Waals surface area contributed by atoms with Gasteiger partial charge in [0, 0.05) is 31.5 Å². The molecule has 1 aliphatic heterocycles. The molecular formula is C22H27N3O4. The van der Waals surface area contributed by atoms with Gasteiger partial charge in [0.05, 0.1) is 20.3 Å². The Morgan fingerprint density at radius 3 is 2.55 bits per heavy atom. The van der Waals surface area contributed by atoms with Crippen molar-refractivity contribution in [2.24, 2.45) is 0 Å². The molecule has 2 heterocycles. The Bertz CT molecular complexity index is 856. The molecule has 1 aromatic carbocycles. The molecular weight excluding hydrogens is 370 g/mol. The zero-order chi connectivity index (χ0) is 20.8. The lowest BCUT2D eigenvalue weighted by atomic mass is 9.85. The van der Waals surface area contributed by atoms with Gasteiger partial charge < -0.3 is 19.7 Å². The number of piperidine rings is 1. The summed E-state index contributed by atoms with van der Waals surface area (Å²) < 4.78 is 10.4. The van der Waals surface area contributed by atoms with E-state index in [0.717, 1.165) is 6.42 Å². The average molecular weight is 397 g/mol. The molecule has 1 saturated heterocycles. The number of benzene rings is 1. The van der Waals surface area contributed by atoms with Gasteiger partial charge in [-0.2, -0.15) is 4.98 Å². The van der Waals surface area contributed by atoms with Crippen LogP contribution in [0.15, 0.2) is 42.5 Å². The van der Waals surface area contributed by atoms with Crippen LogP contribution in [0.1, 0.15) is 41.6 Å². The molecule has 0 spiro atoms. The van der Waals surface area contributed by atoms with E-state index < -0.39 is 0 Å². The summed E-state index contributed by atoms with van der Waals surface area (Å²) in [6.07, 6.45) is 1.17. The molecule has 3 rings (SSSR count). The lowest BCUT2D eigenvalue weighted by molar-refractivity contribution is -0.122. The van der Waals surface area contributed by atoms with Crippen LogP contribution in [0, 0.1) is 0 Å². The van der Waals surface area contributed by atoms with Gasteiger partial charge in [-0.3, -0.25) is 9.59 Å². The quantitative estimate of drug-likeness (QED) is 0.810. The summed E-state index contributed by atoms with van der Waals surface area (Å²) in [5.41, 5.74) is 1.55. The Labute approximate surface area is 171 Å². The van der Waals surface area contributed by atoms with Crippen LogP contribution < -0.4 is 14.8 Å². The smallest absolute Gasteiger partial charge is 0.259 e. The van der Waals surface area contributed by atoms with Crippen molar-refractivity contribution < 1.29 is 19.1 Å². The van der Waals surface area contributed by atoms with Gasteiger partial charge >= 0.3 is 0 Å². The fraction of sp³-hybridized carbons (Fsp3) is 0.409. The molecule has 0 bridgehead atoms. The molecule has 154 valence electrons. The number of amides is 2. The van der Waals surface area contributed by atoms with Crippen LogP contribution >= 0.6 is 0 Å². The number of methoxy groups -OCH3 is 2. The van der Waals surface area contributed by atoms with E-state index in [1.54, 1.807) is 17.0 Å². The second-order valence-electron chi connectivity index (χ2n) is 7.00. The number of nitrogens with zero attached hydrogens (tertiary/aromatic N) is 2. The highest BCUT2D eigenvalue weighted by molar-refractivity contribution is 5.96. The number of nitrogens with one attached hydrogen (secondary N) is 1. The Hall–Kier alpha value is -3.09. The highest BCUT2D eigenvalue weighted by atomic mass is 16.5.